The number of nitrogens with zero attached hydrogens (tertiary/aromatic N) is 3. The van der Waals surface area contributed by atoms with Gasteiger partial charge in [0.1, 0.15) is 12.3 Å². The molecule has 2 rings (SSSR count). The number of aromatic nitrogens is 3. The third-order valence-corrected chi connectivity index (χ3v) is 3.79. The zero-order valence-electron chi connectivity index (χ0n) is 16.1. The molecule has 0 fully saturated rings. The molecule has 9 heteroatoms. The quantitative estimate of drug-likeness (QED) is 0.535. The Labute approximate surface area is 164 Å². The normalized spacial score (nSPS) is 10.5. The van der Waals surface area contributed by atoms with Crippen molar-refractivity contribution in [2.24, 2.45) is 0 Å². The van der Waals surface area contributed by atoms with Crippen LogP contribution >= 0.6 is 0 Å². The topological polar surface area (TPSA) is 107 Å². The summed E-state index contributed by atoms with van der Waals surface area (Å²) in [7, 11) is 0. The number of carbonyl (C=O) groups excluding carboxylic acids is 2. The van der Waals surface area contributed by atoms with Gasteiger partial charge in [-0.2, -0.15) is 0 Å². The van der Waals surface area contributed by atoms with E-state index >= 15 is 0 Å². The Bertz CT molecular complexity index is 720. The molecule has 0 atom stereocenters. The number of hydrogen-bond donors (Lipinski definition) is 2. The number of ether oxygens (including phenoxy) is 2. The maximum absolute atomic E-state index is 11.7. The van der Waals surface area contributed by atoms with Crippen LogP contribution in [-0.4, -0.2) is 46.7 Å². The van der Waals surface area contributed by atoms with Crippen molar-refractivity contribution in [2.75, 3.05) is 19.7 Å². The Morgan fingerprint density at radius 2 is 1.93 bits per heavy atom. The van der Waals surface area contributed by atoms with Crippen LogP contribution in [0.25, 0.3) is 0 Å². The van der Waals surface area contributed by atoms with Crippen molar-refractivity contribution < 1.29 is 19.1 Å². The lowest BCUT2D eigenvalue weighted by atomic mass is 10.2. The van der Waals surface area contributed by atoms with E-state index in [1.54, 1.807) is 4.68 Å². The van der Waals surface area contributed by atoms with Gasteiger partial charge in [-0.15, -0.1) is 5.10 Å². The minimum Gasteiger partial charge on any atom is -0.445 e. The first-order valence-electron chi connectivity index (χ1n) is 9.35. The summed E-state index contributed by atoms with van der Waals surface area (Å²) in [5.74, 6) is -0.0834. The Morgan fingerprint density at radius 1 is 1.11 bits per heavy atom. The van der Waals surface area contributed by atoms with E-state index in [1.165, 1.54) is 0 Å². The molecule has 2 amide bonds. The van der Waals surface area contributed by atoms with Crippen LogP contribution in [-0.2, 0) is 34.0 Å². The van der Waals surface area contributed by atoms with Crippen molar-refractivity contribution in [1.29, 1.82) is 0 Å². The van der Waals surface area contributed by atoms with E-state index in [0.29, 0.717) is 39.1 Å². The van der Waals surface area contributed by atoms with Gasteiger partial charge < -0.3 is 20.1 Å². The summed E-state index contributed by atoms with van der Waals surface area (Å²) in [5.41, 5.74) is 1.69. The van der Waals surface area contributed by atoms with E-state index < -0.39 is 6.09 Å². The van der Waals surface area contributed by atoms with E-state index in [-0.39, 0.29) is 12.5 Å². The molecule has 2 N–H and O–H groups in total. The fourth-order valence-electron chi connectivity index (χ4n) is 2.30. The van der Waals surface area contributed by atoms with Gasteiger partial charge in [-0.1, -0.05) is 35.5 Å². The van der Waals surface area contributed by atoms with Crippen LogP contribution in [0, 0.1) is 0 Å². The highest BCUT2D eigenvalue weighted by molar-refractivity contribution is 5.75. The summed E-state index contributed by atoms with van der Waals surface area (Å²) < 4.78 is 12.3. The summed E-state index contributed by atoms with van der Waals surface area (Å²) in [6, 6.07) is 9.44. The lowest BCUT2D eigenvalue weighted by Crippen LogP contribution is -2.29. The zero-order chi connectivity index (χ0) is 20.0. The van der Waals surface area contributed by atoms with Gasteiger partial charge in [-0.3, -0.25) is 9.48 Å². The zero-order valence-corrected chi connectivity index (χ0v) is 16.1. The number of nitrogens with one attached hydrogen (secondary N) is 2. The highest BCUT2D eigenvalue weighted by Gasteiger charge is 2.05. The standard InChI is InChI=1S/C19H27N5O4/c1-2-24-13-17(22-23-24)15-27-12-11-20-18(25)9-6-10-21-19(26)28-14-16-7-4-3-5-8-16/h3-5,7-8,13H,2,6,9-12,14-15H2,1H3,(H,20,25)(H,21,26). The molecule has 152 valence electrons. The maximum Gasteiger partial charge on any atom is 0.407 e. The minimum atomic E-state index is -0.488. The van der Waals surface area contributed by atoms with Gasteiger partial charge in [0.15, 0.2) is 0 Å². The number of aryl methyl sites for hydroxylation is 1. The lowest BCUT2D eigenvalue weighted by Gasteiger charge is -2.08. The SMILES string of the molecule is CCn1cc(COCCNC(=O)CCCNC(=O)OCc2ccccc2)nn1. The monoisotopic (exact) mass is 389 g/mol. The van der Waals surface area contributed by atoms with Crippen molar-refractivity contribution in [3.05, 3.63) is 47.8 Å². The smallest absolute Gasteiger partial charge is 0.407 e. The third kappa shape index (κ3) is 8.63. The molecular formula is C19H27N5O4. The molecule has 9 nitrogen and oxygen atoms in total. The molecule has 2 aromatic rings. The first kappa shape index (κ1) is 21.4. The first-order chi connectivity index (χ1) is 13.7. The molecule has 1 heterocycles. The molecule has 0 radical (unpaired) electrons. The van der Waals surface area contributed by atoms with Gasteiger partial charge in [0.2, 0.25) is 5.91 Å². The van der Waals surface area contributed by atoms with Crippen LogP contribution in [0.2, 0.25) is 0 Å². The summed E-state index contributed by atoms with van der Waals surface area (Å²) in [6.07, 6.45) is 2.20. The van der Waals surface area contributed by atoms with Crippen LogP contribution in [0.5, 0.6) is 0 Å². The predicted molar refractivity (Wildman–Crippen MR) is 102 cm³/mol. The summed E-state index contributed by atoms with van der Waals surface area (Å²) in [6.45, 7) is 4.54. The molecule has 1 aromatic heterocycles. The fraction of sp³-hybridized carbons (Fsp3) is 0.474. The van der Waals surface area contributed by atoms with Crippen LogP contribution < -0.4 is 10.6 Å². The van der Waals surface area contributed by atoms with Crippen molar-refractivity contribution in [3.63, 3.8) is 0 Å². The van der Waals surface area contributed by atoms with Crippen LogP contribution in [0.3, 0.4) is 0 Å². The van der Waals surface area contributed by atoms with Crippen LogP contribution in [0.4, 0.5) is 4.79 Å². The maximum atomic E-state index is 11.7. The van der Waals surface area contributed by atoms with Crippen molar-refractivity contribution in [3.8, 4) is 0 Å². The van der Waals surface area contributed by atoms with E-state index in [1.807, 2.05) is 43.5 Å². The van der Waals surface area contributed by atoms with Crippen molar-refractivity contribution >= 4 is 12.0 Å². The third-order valence-electron chi connectivity index (χ3n) is 3.79. The average molecular weight is 389 g/mol. The second kappa shape index (κ2) is 12.4. The molecule has 0 saturated carbocycles. The van der Waals surface area contributed by atoms with Gasteiger partial charge in [0.05, 0.1) is 19.4 Å². The fourth-order valence-corrected chi connectivity index (χ4v) is 2.30. The number of benzene rings is 1. The molecular weight excluding hydrogens is 362 g/mol. The Balaban J connectivity index is 1.43. The number of alkyl carbamates (subject to hydrolysis) is 1. The number of hydrogen-bond acceptors (Lipinski definition) is 6. The Hall–Kier alpha value is -2.94. The second-order valence-electron chi connectivity index (χ2n) is 6.06. The molecule has 0 aliphatic carbocycles. The molecule has 0 spiro atoms. The van der Waals surface area contributed by atoms with E-state index in [4.69, 9.17) is 9.47 Å². The highest BCUT2D eigenvalue weighted by atomic mass is 16.5. The first-order valence-corrected chi connectivity index (χ1v) is 9.35. The van der Waals surface area contributed by atoms with Crippen molar-refractivity contribution in [2.45, 2.75) is 39.5 Å². The van der Waals surface area contributed by atoms with Gasteiger partial charge in [0, 0.05) is 26.1 Å². The average Bonchev–Trinajstić information content (AvgIpc) is 3.18. The largest absolute Gasteiger partial charge is 0.445 e. The number of carbonyl (C=O) groups is 2. The highest BCUT2D eigenvalue weighted by Crippen LogP contribution is 2.00. The Kier molecular flexibility index (Phi) is 9.50. The summed E-state index contributed by atoms with van der Waals surface area (Å²) >= 11 is 0. The lowest BCUT2D eigenvalue weighted by molar-refractivity contribution is -0.121. The number of amides is 2. The van der Waals surface area contributed by atoms with E-state index in [2.05, 4.69) is 20.9 Å². The minimum absolute atomic E-state index is 0.0834. The van der Waals surface area contributed by atoms with Gasteiger partial charge in [-0.25, -0.2) is 4.79 Å². The van der Waals surface area contributed by atoms with E-state index in [0.717, 1.165) is 17.8 Å². The van der Waals surface area contributed by atoms with Crippen LogP contribution in [0.15, 0.2) is 36.5 Å². The molecule has 0 unspecified atom stereocenters. The van der Waals surface area contributed by atoms with E-state index in [9.17, 15) is 9.59 Å². The van der Waals surface area contributed by atoms with Gasteiger partial charge >= 0.3 is 6.09 Å². The summed E-state index contributed by atoms with van der Waals surface area (Å²) in [4.78, 5) is 23.3. The summed E-state index contributed by atoms with van der Waals surface area (Å²) in [5, 5.41) is 13.3. The second-order valence-corrected chi connectivity index (χ2v) is 6.06. The van der Waals surface area contributed by atoms with Gasteiger partial charge in [-0.05, 0) is 18.9 Å². The van der Waals surface area contributed by atoms with Crippen molar-refractivity contribution in [1.82, 2.24) is 25.6 Å². The molecule has 0 aliphatic rings. The Morgan fingerprint density at radius 3 is 2.68 bits per heavy atom. The molecule has 0 saturated heterocycles. The molecule has 0 aliphatic heterocycles. The molecule has 1 aromatic carbocycles. The predicted octanol–water partition coefficient (Wildman–Crippen LogP) is 1.64. The molecule has 0 bridgehead atoms. The van der Waals surface area contributed by atoms with Gasteiger partial charge in [0.25, 0.3) is 0 Å². The van der Waals surface area contributed by atoms with Crippen LogP contribution in [0.1, 0.15) is 31.0 Å². The molecule has 28 heavy (non-hydrogen) atoms. The number of rotatable bonds is 12.